The molecule has 0 aromatic heterocycles. The lowest BCUT2D eigenvalue weighted by Gasteiger charge is -2.35. The molecule has 0 bridgehead atoms. The Morgan fingerprint density at radius 2 is 1.70 bits per heavy atom. The summed E-state index contributed by atoms with van der Waals surface area (Å²) < 4.78 is 27.0. The molecule has 3 rings (SSSR count). The number of nitrogens with one attached hydrogen (secondary N) is 1. The molecule has 0 radical (unpaired) electrons. The molecule has 8 heteroatoms. The Bertz CT molecular complexity index is 750. The lowest BCUT2D eigenvalue weighted by Crippen LogP contribution is -2.56. The largest absolute Gasteiger partial charge is 0.348 e. The van der Waals surface area contributed by atoms with Gasteiger partial charge in [0.25, 0.3) is 0 Å². The van der Waals surface area contributed by atoms with Crippen molar-refractivity contribution >= 4 is 15.9 Å². The number of hydrogen-bond donors (Lipinski definition) is 2. The van der Waals surface area contributed by atoms with Crippen molar-refractivity contribution in [3.63, 3.8) is 0 Å². The lowest BCUT2D eigenvalue weighted by molar-refractivity contribution is -0.124. The van der Waals surface area contributed by atoms with Crippen molar-refractivity contribution in [1.29, 1.82) is 0 Å². The highest BCUT2D eigenvalue weighted by molar-refractivity contribution is 7.89. The van der Waals surface area contributed by atoms with Crippen LogP contribution in [-0.4, -0.2) is 68.3 Å². The first-order chi connectivity index (χ1) is 12.8. The zero-order valence-electron chi connectivity index (χ0n) is 16.0. The third-order valence-electron chi connectivity index (χ3n) is 5.71. The van der Waals surface area contributed by atoms with E-state index < -0.39 is 10.0 Å². The number of nitrogens with zero attached hydrogens (tertiary/aromatic N) is 2. The standard InChI is InChI=1S/C19H30N4O3S/c1-16-4-6-17(7-5-16)27(25,26)23-12-10-22(11-13-23)14-18(24)21-19(15-20)8-2-3-9-19/h4-7H,2-3,8-15,20H2,1H3,(H,21,24). The van der Waals surface area contributed by atoms with Gasteiger partial charge >= 0.3 is 0 Å². The summed E-state index contributed by atoms with van der Waals surface area (Å²) in [6.07, 6.45) is 4.09. The van der Waals surface area contributed by atoms with E-state index in [9.17, 15) is 13.2 Å². The number of benzene rings is 1. The van der Waals surface area contributed by atoms with Gasteiger partial charge in [-0.15, -0.1) is 0 Å². The minimum absolute atomic E-state index is 0.0165. The van der Waals surface area contributed by atoms with Crippen LogP contribution in [-0.2, 0) is 14.8 Å². The average molecular weight is 395 g/mol. The van der Waals surface area contributed by atoms with E-state index in [-0.39, 0.29) is 11.4 Å². The molecule has 3 N–H and O–H groups in total. The molecule has 7 nitrogen and oxygen atoms in total. The Hall–Kier alpha value is -1.48. The molecule has 0 spiro atoms. The fourth-order valence-electron chi connectivity index (χ4n) is 3.96. The number of nitrogens with two attached hydrogens (primary N) is 1. The molecule has 1 saturated heterocycles. The van der Waals surface area contributed by atoms with Crippen LogP contribution in [0.15, 0.2) is 29.2 Å². The highest BCUT2D eigenvalue weighted by Crippen LogP contribution is 2.28. The van der Waals surface area contributed by atoms with Crippen molar-refractivity contribution in [3.8, 4) is 0 Å². The number of rotatable bonds is 6. The minimum atomic E-state index is -3.47. The molecule has 1 aromatic carbocycles. The first-order valence-corrected chi connectivity index (χ1v) is 11.1. The third kappa shape index (κ3) is 4.68. The molecule has 2 aliphatic rings. The summed E-state index contributed by atoms with van der Waals surface area (Å²) in [5.41, 5.74) is 6.67. The van der Waals surface area contributed by atoms with Crippen LogP contribution in [0.5, 0.6) is 0 Å². The average Bonchev–Trinajstić information content (AvgIpc) is 3.11. The van der Waals surface area contributed by atoms with Crippen LogP contribution in [0.4, 0.5) is 0 Å². The van der Waals surface area contributed by atoms with Gasteiger partial charge in [-0.3, -0.25) is 9.69 Å². The van der Waals surface area contributed by atoms with Gasteiger partial charge in [-0.05, 0) is 31.9 Å². The van der Waals surface area contributed by atoms with Crippen LogP contribution in [0.25, 0.3) is 0 Å². The molecule has 1 saturated carbocycles. The first-order valence-electron chi connectivity index (χ1n) is 9.65. The Morgan fingerprint density at radius 1 is 1.11 bits per heavy atom. The topological polar surface area (TPSA) is 95.7 Å². The van der Waals surface area contributed by atoms with Crippen molar-refractivity contribution in [2.45, 2.75) is 43.0 Å². The van der Waals surface area contributed by atoms with Gasteiger partial charge in [-0.25, -0.2) is 8.42 Å². The number of aryl methyl sites for hydroxylation is 1. The van der Waals surface area contributed by atoms with Crippen LogP contribution < -0.4 is 11.1 Å². The van der Waals surface area contributed by atoms with Crippen LogP contribution >= 0.6 is 0 Å². The monoisotopic (exact) mass is 394 g/mol. The summed E-state index contributed by atoms with van der Waals surface area (Å²) in [5.74, 6) is -0.0165. The smallest absolute Gasteiger partial charge is 0.243 e. The Kier molecular flexibility index (Phi) is 6.20. The van der Waals surface area contributed by atoms with Crippen LogP contribution in [0.2, 0.25) is 0 Å². The summed E-state index contributed by atoms with van der Waals surface area (Å²) in [6, 6.07) is 6.92. The zero-order valence-corrected chi connectivity index (χ0v) is 16.8. The zero-order chi connectivity index (χ0) is 19.5. The van der Waals surface area contributed by atoms with Gasteiger partial charge in [-0.1, -0.05) is 30.5 Å². The Morgan fingerprint density at radius 3 is 2.26 bits per heavy atom. The normalized spacial score (nSPS) is 21.3. The predicted molar refractivity (Wildman–Crippen MR) is 105 cm³/mol. The Labute approximate surface area is 161 Å². The van der Waals surface area contributed by atoms with E-state index in [1.54, 1.807) is 12.1 Å². The summed E-state index contributed by atoms with van der Waals surface area (Å²) in [6.45, 7) is 4.58. The van der Waals surface area contributed by atoms with Crippen molar-refractivity contribution in [3.05, 3.63) is 29.8 Å². The second kappa shape index (κ2) is 8.26. The molecule has 150 valence electrons. The van der Waals surface area contributed by atoms with Gasteiger partial charge in [0, 0.05) is 32.7 Å². The predicted octanol–water partition coefficient (Wildman–Crippen LogP) is 0.689. The van der Waals surface area contributed by atoms with Crippen LogP contribution in [0, 0.1) is 6.92 Å². The van der Waals surface area contributed by atoms with Crippen LogP contribution in [0.3, 0.4) is 0 Å². The highest BCUT2D eigenvalue weighted by atomic mass is 32.2. The van der Waals surface area contributed by atoms with Gasteiger partial charge in [0.15, 0.2) is 0 Å². The van der Waals surface area contributed by atoms with Gasteiger partial charge in [-0.2, -0.15) is 4.31 Å². The van der Waals surface area contributed by atoms with E-state index in [0.29, 0.717) is 44.2 Å². The molecular weight excluding hydrogens is 364 g/mol. The molecule has 1 aromatic rings. The molecule has 0 atom stereocenters. The van der Waals surface area contributed by atoms with Gasteiger partial charge in [0.05, 0.1) is 17.0 Å². The molecule has 2 fully saturated rings. The van der Waals surface area contributed by atoms with Gasteiger partial charge in [0.2, 0.25) is 15.9 Å². The number of carbonyl (C=O) groups is 1. The Balaban J connectivity index is 1.52. The molecular formula is C19H30N4O3S. The fraction of sp³-hybridized carbons (Fsp3) is 0.632. The second-order valence-corrected chi connectivity index (χ2v) is 9.67. The highest BCUT2D eigenvalue weighted by Gasteiger charge is 2.35. The minimum Gasteiger partial charge on any atom is -0.348 e. The molecule has 27 heavy (non-hydrogen) atoms. The molecule has 1 aliphatic carbocycles. The maximum atomic E-state index is 12.8. The van der Waals surface area contributed by atoms with E-state index in [0.717, 1.165) is 31.2 Å². The SMILES string of the molecule is Cc1ccc(S(=O)(=O)N2CCN(CC(=O)NC3(CN)CCCC3)CC2)cc1. The summed E-state index contributed by atoms with van der Waals surface area (Å²) in [7, 11) is -3.47. The quantitative estimate of drug-likeness (QED) is 0.740. The fourth-order valence-corrected chi connectivity index (χ4v) is 5.38. The van der Waals surface area contributed by atoms with Crippen molar-refractivity contribution in [2.75, 3.05) is 39.3 Å². The number of hydrogen-bond acceptors (Lipinski definition) is 5. The van der Waals surface area contributed by atoms with Crippen molar-refractivity contribution in [2.24, 2.45) is 5.73 Å². The number of carbonyl (C=O) groups excluding carboxylic acids is 1. The molecule has 1 amide bonds. The molecule has 0 unspecified atom stereocenters. The van der Waals surface area contributed by atoms with Crippen molar-refractivity contribution < 1.29 is 13.2 Å². The van der Waals surface area contributed by atoms with E-state index in [2.05, 4.69) is 5.32 Å². The first kappa shape index (κ1) is 20.3. The molecule has 1 aliphatic heterocycles. The van der Waals surface area contributed by atoms with Gasteiger partial charge < -0.3 is 11.1 Å². The summed E-state index contributed by atoms with van der Waals surface area (Å²) >= 11 is 0. The van der Waals surface area contributed by atoms with Crippen molar-refractivity contribution in [1.82, 2.24) is 14.5 Å². The number of amides is 1. The number of piperazine rings is 1. The van der Waals surface area contributed by atoms with Gasteiger partial charge in [0.1, 0.15) is 0 Å². The summed E-state index contributed by atoms with van der Waals surface area (Å²) in [5, 5.41) is 3.12. The van der Waals surface area contributed by atoms with E-state index in [1.165, 1.54) is 4.31 Å². The number of sulfonamides is 1. The van der Waals surface area contributed by atoms with E-state index in [1.807, 2.05) is 24.0 Å². The van der Waals surface area contributed by atoms with Crippen LogP contribution in [0.1, 0.15) is 31.2 Å². The van der Waals surface area contributed by atoms with E-state index >= 15 is 0 Å². The summed E-state index contributed by atoms with van der Waals surface area (Å²) in [4.78, 5) is 14.8. The lowest BCUT2D eigenvalue weighted by atomic mass is 9.98. The second-order valence-electron chi connectivity index (χ2n) is 7.73. The maximum absolute atomic E-state index is 12.8. The van der Waals surface area contributed by atoms with E-state index in [4.69, 9.17) is 5.73 Å². The third-order valence-corrected chi connectivity index (χ3v) is 7.63. The maximum Gasteiger partial charge on any atom is 0.243 e. The molecule has 1 heterocycles.